The molecule has 1 aliphatic rings. The van der Waals surface area contributed by atoms with Crippen molar-refractivity contribution in [1.82, 2.24) is 5.32 Å². The fraction of sp³-hybridized carbons (Fsp3) is 0.100. The average molecular weight is 364 g/mol. The van der Waals surface area contributed by atoms with Crippen molar-refractivity contribution in [2.75, 3.05) is 4.72 Å². The lowest BCUT2D eigenvalue weighted by atomic mass is 10.3. The van der Waals surface area contributed by atoms with Crippen LogP contribution in [0.2, 0.25) is 0 Å². The molecule has 20 heavy (non-hydrogen) atoms. The number of carbonyl (C=O) groups excluding carboxylic acids is 2. The first-order chi connectivity index (χ1) is 9.29. The summed E-state index contributed by atoms with van der Waals surface area (Å²) in [6.07, 6.45) is 0.695. The summed E-state index contributed by atoms with van der Waals surface area (Å²) < 4.78 is 39.8. The molecule has 0 fully saturated rings. The number of hydrogen-bond donors (Lipinski definition) is 2. The van der Waals surface area contributed by atoms with Crippen molar-refractivity contribution in [2.45, 2.75) is 5.25 Å². The Hall–Kier alpha value is -1.81. The van der Waals surface area contributed by atoms with Crippen molar-refractivity contribution < 1.29 is 22.4 Å². The minimum absolute atomic E-state index is 0.314. The first-order valence-corrected chi connectivity index (χ1v) is 7.49. The lowest BCUT2D eigenvalue weighted by Crippen LogP contribution is -2.48. The lowest BCUT2D eigenvalue weighted by molar-refractivity contribution is -0.118. The zero-order valence-corrected chi connectivity index (χ0v) is 12.0. The predicted octanol–water partition coefficient (Wildman–Crippen LogP) is 1.02. The molecular formula is C10H7BrFN3O4S. The third kappa shape index (κ3) is 3.02. The van der Waals surface area contributed by atoms with E-state index in [1.165, 1.54) is 12.1 Å². The second kappa shape index (κ2) is 5.29. The van der Waals surface area contributed by atoms with E-state index >= 15 is 0 Å². The summed E-state index contributed by atoms with van der Waals surface area (Å²) in [5, 5.41) is 0.0435. The van der Waals surface area contributed by atoms with Crippen LogP contribution in [-0.2, 0) is 14.8 Å². The molecule has 1 aromatic carbocycles. The summed E-state index contributed by atoms with van der Waals surface area (Å²) in [5.41, 5.74) is -0.314. The van der Waals surface area contributed by atoms with Gasteiger partial charge in [0.15, 0.2) is 5.25 Å². The van der Waals surface area contributed by atoms with E-state index in [0.29, 0.717) is 10.7 Å². The first kappa shape index (κ1) is 14.6. The number of anilines is 1. The van der Waals surface area contributed by atoms with Gasteiger partial charge in [0.2, 0.25) is 10.0 Å². The normalized spacial score (nSPS) is 18.8. The van der Waals surface area contributed by atoms with E-state index in [0.717, 1.165) is 6.07 Å². The summed E-state index contributed by atoms with van der Waals surface area (Å²) >= 11 is 3.03. The largest absolute Gasteiger partial charge is 0.347 e. The Bertz CT molecular complexity index is 719. The number of nitrogens with one attached hydrogen (secondary N) is 2. The van der Waals surface area contributed by atoms with Crippen LogP contribution in [0.5, 0.6) is 0 Å². The molecule has 0 radical (unpaired) electrons. The number of rotatable bonds is 3. The summed E-state index contributed by atoms with van der Waals surface area (Å²) in [5.74, 6) is -1.86. The Labute approximate surface area is 121 Å². The molecule has 2 N–H and O–H groups in total. The van der Waals surface area contributed by atoms with Gasteiger partial charge in [-0.2, -0.15) is 0 Å². The Morgan fingerprint density at radius 3 is 2.65 bits per heavy atom. The molecule has 2 rings (SSSR count). The van der Waals surface area contributed by atoms with Gasteiger partial charge >= 0.3 is 6.03 Å². The van der Waals surface area contributed by atoms with Crippen LogP contribution < -0.4 is 10.0 Å². The number of benzene rings is 1. The van der Waals surface area contributed by atoms with E-state index < -0.39 is 33.0 Å². The summed E-state index contributed by atoms with van der Waals surface area (Å²) in [6.45, 7) is 0. The topological polar surface area (TPSA) is 105 Å². The average Bonchev–Trinajstić information content (AvgIpc) is 2.32. The lowest BCUT2D eigenvalue weighted by Gasteiger charge is -2.17. The number of nitrogens with zero attached hydrogens (tertiary/aromatic N) is 1. The van der Waals surface area contributed by atoms with Crippen LogP contribution in [-0.4, -0.2) is 31.8 Å². The maximum atomic E-state index is 13.6. The van der Waals surface area contributed by atoms with Crippen LogP contribution in [0.15, 0.2) is 27.7 Å². The number of urea groups is 1. The Morgan fingerprint density at radius 1 is 1.35 bits per heavy atom. The third-order valence-corrected chi connectivity index (χ3v) is 4.34. The molecular weight excluding hydrogens is 357 g/mol. The van der Waals surface area contributed by atoms with Gasteiger partial charge in [-0.1, -0.05) is 15.9 Å². The first-order valence-electron chi connectivity index (χ1n) is 5.15. The van der Waals surface area contributed by atoms with Gasteiger partial charge in [0.05, 0.1) is 5.69 Å². The van der Waals surface area contributed by atoms with Crippen LogP contribution in [0.25, 0.3) is 0 Å². The van der Waals surface area contributed by atoms with E-state index in [2.05, 4.69) is 20.9 Å². The Balaban J connectivity index is 2.30. The van der Waals surface area contributed by atoms with Crippen LogP contribution in [0.4, 0.5) is 14.9 Å². The van der Waals surface area contributed by atoms with Crippen LogP contribution in [0.3, 0.4) is 0 Å². The molecule has 1 aromatic rings. The minimum Gasteiger partial charge on any atom is -0.280 e. The monoisotopic (exact) mass is 363 g/mol. The minimum atomic E-state index is -4.26. The summed E-state index contributed by atoms with van der Waals surface area (Å²) in [4.78, 5) is 25.4. The highest BCUT2D eigenvalue weighted by atomic mass is 79.9. The zero-order valence-electron chi connectivity index (χ0n) is 9.63. The number of sulfonamides is 1. The van der Waals surface area contributed by atoms with E-state index in [4.69, 9.17) is 0 Å². The number of carbonyl (C=O) groups is 2. The van der Waals surface area contributed by atoms with Crippen LogP contribution in [0, 0.1) is 5.82 Å². The van der Waals surface area contributed by atoms with Gasteiger partial charge in [-0.15, -0.1) is 0 Å². The van der Waals surface area contributed by atoms with Crippen LogP contribution >= 0.6 is 15.9 Å². The highest BCUT2D eigenvalue weighted by Crippen LogP contribution is 2.21. The highest BCUT2D eigenvalue weighted by Gasteiger charge is 2.35. The molecule has 106 valence electrons. The van der Waals surface area contributed by atoms with Crippen molar-refractivity contribution in [2.24, 2.45) is 4.99 Å². The van der Waals surface area contributed by atoms with Crippen LogP contribution in [0.1, 0.15) is 0 Å². The molecule has 0 spiro atoms. The quantitative estimate of drug-likeness (QED) is 0.836. The van der Waals surface area contributed by atoms with Gasteiger partial charge in [0.1, 0.15) is 5.82 Å². The van der Waals surface area contributed by atoms with E-state index in [1.54, 1.807) is 5.32 Å². The SMILES string of the molecule is O=C1N=CC(S(=O)(=O)Nc2ccc(Br)cc2F)C(=O)N1. The number of imide groups is 1. The molecule has 1 atom stereocenters. The van der Waals surface area contributed by atoms with E-state index in [9.17, 15) is 22.4 Å². The predicted molar refractivity (Wildman–Crippen MR) is 72.5 cm³/mol. The maximum Gasteiger partial charge on any atom is 0.347 e. The highest BCUT2D eigenvalue weighted by molar-refractivity contribution is 9.10. The Morgan fingerprint density at radius 2 is 2.05 bits per heavy atom. The standard InChI is InChI=1S/C10H7BrFN3O4S/c11-5-1-2-7(6(12)3-5)15-20(18,19)8-4-13-10(17)14-9(8)16/h1-4,8,15H,(H,14,16,17). The van der Waals surface area contributed by atoms with Gasteiger partial charge in [-0.25, -0.2) is 22.6 Å². The van der Waals surface area contributed by atoms with Crippen molar-refractivity contribution in [3.8, 4) is 0 Å². The molecule has 3 amide bonds. The third-order valence-electron chi connectivity index (χ3n) is 2.33. The van der Waals surface area contributed by atoms with Gasteiger partial charge in [0, 0.05) is 10.7 Å². The number of hydrogen-bond acceptors (Lipinski definition) is 4. The van der Waals surface area contributed by atoms with Gasteiger partial charge in [-0.05, 0) is 18.2 Å². The van der Waals surface area contributed by atoms with Gasteiger partial charge in [0.25, 0.3) is 5.91 Å². The molecule has 0 bridgehead atoms. The number of amides is 3. The molecule has 0 saturated heterocycles. The van der Waals surface area contributed by atoms with E-state index in [1.807, 2.05) is 4.72 Å². The van der Waals surface area contributed by atoms with Crippen molar-refractivity contribution in [1.29, 1.82) is 0 Å². The number of aliphatic imine (C=N–C) groups is 1. The summed E-state index contributed by atoms with van der Waals surface area (Å²) in [7, 11) is -4.26. The van der Waals surface area contributed by atoms with Gasteiger partial charge < -0.3 is 0 Å². The fourth-order valence-corrected chi connectivity index (χ4v) is 2.92. The molecule has 0 aliphatic carbocycles. The fourth-order valence-electron chi connectivity index (χ4n) is 1.42. The molecule has 10 heteroatoms. The van der Waals surface area contributed by atoms with Crippen molar-refractivity contribution in [3.63, 3.8) is 0 Å². The maximum absolute atomic E-state index is 13.6. The molecule has 7 nitrogen and oxygen atoms in total. The Kier molecular flexibility index (Phi) is 3.86. The zero-order chi connectivity index (χ0) is 14.9. The van der Waals surface area contributed by atoms with Crippen molar-refractivity contribution >= 4 is 49.8 Å². The molecule has 0 aromatic heterocycles. The molecule has 1 heterocycles. The van der Waals surface area contributed by atoms with Gasteiger partial charge in [-0.3, -0.25) is 14.8 Å². The van der Waals surface area contributed by atoms with Crippen molar-refractivity contribution in [3.05, 3.63) is 28.5 Å². The molecule has 1 unspecified atom stereocenters. The van der Waals surface area contributed by atoms with E-state index in [-0.39, 0.29) is 5.69 Å². The second-order valence-corrected chi connectivity index (χ2v) is 6.48. The second-order valence-electron chi connectivity index (χ2n) is 3.76. The molecule has 0 saturated carbocycles. The number of halogens is 2. The smallest absolute Gasteiger partial charge is 0.280 e. The molecule has 1 aliphatic heterocycles. The summed E-state index contributed by atoms with van der Waals surface area (Å²) in [6, 6.07) is 2.74.